The van der Waals surface area contributed by atoms with E-state index in [0.29, 0.717) is 11.1 Å². The number of nitrogens with zero attached hydrogens (tertiary/aromatic N) is 4. The number of benzene rings is 2. The van der Waals surface area contributed by atoms with Gasteiger partial charge in [0.25, 0.3) is 0 Å². The molecule has 1 N–H and O–H groups in total. The van der Waals surface area contributed by atoms with Crippen LogP contribution in [0.2, 0.25) is 0 Å². The molecule has 0 bridgehead atoms. The van der Waals surface area contributed by atoms with Gasteiger partial charge in [-0.25, -0.2) is 9.38 Å². The minimum atomic E-state index is -0.387. The van der Waals surface area contributed by atoms with Crippen molar-refractivity contribution in [2.45, 2.75) is 13.5 Å². The van der Waals surface area contributed by atoms with Crippen LogP contribution in [-0.4, -0.2) is 43.6 Å². The second-order valence-electron chi connectivity index (χ2n) is 6.40. The Morgan fingerprint density at radius 1 is 1.15 bits per heavy atom. The Morgan fingerprint density at radius 2 is 1.89 bits per heavy atom. The number of hydrogen-bond donors (Lipinski definition) is 1. The number of nitrogens with one attached hydrogen (secondary N) is 1. The fraction of sp³-hybridized carbons (Fsp3) is 0.333. The van der Waals surface area contributed by atoms with Gasteiger partial charge in [-0.1, -0.05) is 24.3 Å². The maximum Gasteiger partial charge on any atom is 0.194 e. The summed E-state index contributed by atoms with van der Waals surface area (Å²) in [6.07, 6.45) is 0. The van der Waals surface area contributed by atoms with Crippen LogP contribution in [0.3, 0.4) is 0 Å². The van der Waals surface area contributed by atoms with Crippen LogP contribution in [0.4, 0.5) is 10.1 Å². The molecule has 6 heteroatoms. The van der Waals surface area contributed by atoms with Gasteiger partial charge in [0.2, 0.25) is 0 Å². The molecule has 1 aliphatic heterocycles. The summed E-state index contributed by atoms with van der Waals surface area (Å²) in [7, 11) is 0. The minimum Gasteiger partial charge on any atom is -0.368 e. The van der Waals surface area contributed by atoms with E-state index >= 15 is 0 Å². The average molecular weight is 365 g/mol. The van der Waals surface area contributed by atoms with Gasteiger partial charge < -0.3 is 15.1 Å². The van der Waals surface area contributed by atoms with E-state index in [4.69, 9.17) is 5.26 Å². The lowest BCUT2D eigenvalue weighted by Crippen LogP contribution is -2.52. The van der Waals surface area contributed by atoms with Crippen molar-refractivity contribution in [3.8, 4) is 6.07 Å². The van der Waals surface area contributed by atoms with Gasteiger partial charge in [0.15, 0.2) is 5.96 Å². The van der Waals surface area contributed by atoms with E-state index in [1.165, 1.54) is 11.8 Å². The van der Waals surface area contributed by atoms with E-state index < -0.39 is 0 Å². The molecule has 0 aliphatic carbocycles. The lowest BCUT2D eigenvalue weighted by atomic mass is 10.1. The monoisotopic (exact) mass is 365 g/mol. The van der Waals surface area contributed by atoms with Crippen LogP contribution in [-0.2, 0) is 6.54 Å². The SMILES string of the molecule is CCNC(=NCc1ccc(C#N)cc1F)N1CCN(c2ccccc2)CC1. The van der Waals surface area contributed by atoms with Gasteiger partial charge in [-0.3, -0.25) is 0 Å². The molecule has 27 heavy (non-hydrogen) atoms. The fourth-order valence-corrected chi connectivity index (χ4v) is 3.15. The molecular weight excluding hydrogens is 341 g/mol. The molecule has 0 unspecified atom stereocenters. The van der Waals surface area contributed by atoms with Crippen molar-refractivity contribution >= 4 is 11.6 Å². The number of rotatable bonds is 4. The van der Waals surface area contributed by atoms with Crippen LogP contribution in [0.25, 0.3) is 0 Å². The lowest BCUT2D eigenvalue weighted by Gasteiger charge is -2.37. The summed E-state index contributed by atoms with van der Waals surface area (Å²) < 4.78 is 14.1. The Kier molecular flexibility index (Phi) is 6.26. The van der Waals surface area contributed by atoms with Crippen molar-refractivity contribution in [3.63, 3.8) is 0 Å². The third-order valence-electron chi connectivity index (χ3n) is 4.62. The third kappa shape index (κ3) is 4.76. The van der Waals surface area contributed by atoms with Crippen molar-refractivity contribution in [3.05, 3.63) is 65.5 Å². The van der Waals surface area contributed by atoms with Crippen LogP contribution in [0.15, 0.2) is 53.5 Å². The van der Waals surface area contributed by atoms with Crippen molar-refractivity contribution in [2.75, 3.05) is 37.6 Å². The number of anilines is 1. The van der Waals surface area contributed by atoms with Crippen molar-refractivity contribution < 1.29 is 4.39 Å². The van der Waals surface area contributed by atoms with E-state index in [9.17, 15) is 4.39 Å². The summed E-state index contributed by atoms with van der Waals surface area (Å²) in [5.74, 6) is 0.413. The zero-order valence-electron chi connectivity index (χ0n) is 15.5. The van der Waals surface area contributed by atoms with E-state index in [2.05, 4.69) is 44.4 Å². The molecule has 1 saturated heterocycles. The first-order chi connectivity index (χ1) is 13.2. The quantitative estimate of drug-likeness (QED) is 0.669. The number of piperazine rings is 1. The largest absolute Gasteiger partial charge is 0.368 e. The molecule has 0 amide bonds. The number of para-hydroxylation sites is 1. The minimum absolute atomic E-state index is 0.249. The molecule has 2 aromatic carbocycles. The molecule has 0 aromatic heterocycles. The average Bonchev–Trinajstić information content (AvgIpc) is 2.72. The van der Waals surface area contributed by atoms with Gasteiger partial charge in [0.05, 0.1) is 18.2 Å². The number of guanidine groups is 1. The standard InChI is InChI=1S/C21H24FN5/c1-2-24-21(25-16-18-9-8-17(15-23)14-20(18)22)27-12-10-26(11-13-27)19-6-4-3-5-7-19/h3-9,14H,2,10-13,16H2,1H3,(H,24,25). The maximum atomic E-state index is 14.1. The molecule has 140 valence electrons. The molecule has 1 aliphatic rings. The highest BCUT2D eigenvalue weighted by Gasteiger charge is 2.19. The second kappa shape index (κ2) is 9.04. The predicted molar refractivity (Wildman–Crippen MR) is 106 cm³/mol. The molecule has 1 fully saturated rings. The van der Waals surface area contributed by atoms with E-state index in [-0.39, 0.29) is 12.4 Å². The molecule has 3 rings (SSSR count). The highest BCUT2D eigenvalue weighted by Crippen LogP contribution is 2.16. The topological polar surface area (TPSA) is 54.7 Å². The number of aliphatic imine (C=N–C) groups is 1. The zero-order valence-corrected chi connectivity index (χ0v) is 15.5. The third-order valence-corrected chi connectivity index (χ3v) is 4.62. The highest BCUT2D eigenvalue weighted by molar-refractivity contribution is 5.80. The first-order valence-corrected chi connectivity index (χ1v) is 9.23. The highest BCUT2D eigenvalue weighted by atomic mass is 19.1. The number of halogens is 1. The van der Waals surface area contributed by atoms with Gasteiger partial charge in [-0.15, -0.1) is 0 Å². The van der Waals surface area contributed by atoms with E-state index in [0.717, 1.165) is 38.7 Å². The Labute approximate surface area is 159 Å². The molecule has 1 heterocycles. The Bertz CT molecular complexity index is 820. The molecular formula is C21H24FN5. The van der Waals surface area contributed by atoms with E-state index in [1.807, 2.05) is 19.1 Å². The number of nitriles is 1. The first-order valence-electron chi connectivity index (χ1n) is 9.23. The normalized spacial score (nSPS) is 14.8. The molecule has 0 spiro atoms. The second-order valence-corrected chi connectivity index (χ2v) is 6.40. The zero-order chi connectivity index (χ0) is 19.1. The van der Waals surface area contributed by atoms with Crippen molar-refractivity contribution in [1.82, 2.24) is 10.2 Å². The van der Waals surface area contributed by atoms with Gasteiger partial charge in [-0.2, -0.15) is 5.26 Å². The lowest BCUT2D eigenvalue weighted by molar-refractivity contribution is 0.372. The van der Waals surface area contributed by atoms with Crippen LogP contribution in [0, 0.1) is 17.1 Å². The Morgan fingerprint density at radius 3 is 2.52 bits per heavy atom. The Hall–Kier alpha value is -3.07. The molecule has 2 aromatic rings. The van der Waals surface area contributed by atoms with Gasteiger partial charge in [0.1, 0.15) is 5.82 Å². The molecule has 0 saturated carbocycles. The van der Waals surface area contributed by atoms with Crippen LogP contribution in [0.1, 0.15) is 18.1 Å². The maximum absolute atomic E-state index is 14.1. The van der Waals surface area contributed by atoms with Crippen LogP contribution in [0.5, 0.6) is 0 Å². The first kappa shape index (κ1) is 18.7. The van der Waals surface area contributed by atoms with E-state index in [1.54, 1.807) is 12.1 Å². The van der Waals surface area contributed by atoms with Crippen LogP contribution < -0.4 is 10.2 Å². The summed E-state index contributed by atoms with van der Waals surface area (Å²) in [5.41, 5.74) is 2.05. The number of hydrogen-bond acceptors (Lipinski definition) is 3. The smallest absolute Gasteiger partial charge is 0.194 e. The summed E-state index contributed by atoms with van der Waals surface area (Å²) in [6, 6.07) is 16.9. The van der Waals surface area contributed by atoms with Gasteiger partial charge in [-0.05, 0) is 31.2 Å². The summed E-state index contributed by atoms with van der Waals surface area (Å²) in [4.78, 5) is 9.19. The predicted octanol–water partition coefficient (Wildman–Crippen LogP) is 2.99. The fourth-order valence-electron chi connectivity index (χ4n) is 3.15. The molecule has 5 nitrogen and oxygen atoms in total. The van der Waals surface area contributed by atoms with Crippen LogP contribution >= 0.6 is 0 Å². The summed E-state index contributed by atoms with van der Waals surface area (Å²) >= 11 is 0. The van der Waals surface area contributed by atoms with Gasteiger partial charge in [0, 0.05) is 44.0 Å². The molecule has 0 atom stereocenters. The van der Waals surface area contributed by atoms with Crippen molar-refractivity contribution in [2.24, 2.45) is 4.99 Å². The van der Waals surface area contributed by atoms with Crippen molar-refractivity contribution in [1.29, 1.82) is 5.26 Å². The van der Waals surface area contributed by atoms with Gasteiger partial charge >= 0.3 is 0 Å². The summed E-state index contributed by atoms with van der Waals surface area (Å²) in [6.45, 7) is 6.58. The molecule has 0 radical (unpaired) electrons. The summed E-state index contributed by atoms with van der Waals surface area (Å²) in [5, 5.41) is 12.2. The Balaban J connectivity index is 1.65.